The quantitative estimate of drug-likeness (QED) is 0.596. The summed E-state index contributed by atoms with van der Waals surface area (Å²) in [4.78, 5) is 0. The summed E-state index contributed by atoms with van der Waals surface area (Å²) in [7, 11) is -0.921. The lowest BCUT2D eigenvalue weighted by atomic mass is 10.5. The molecule has 80 valence electrons. The third-order valence-electron chi connectivity index (χ3n) is 3.02. The fraction of sp³-hybridized carbons (Fsp3) is 1.00. The van der Waals surface area contributed by atoms with Gasteiger partial charge in [0, 0.05) is 0 Å². The van der Waals surface area contributed by atoms with E-state index in [0.29, 0.717) is 0 Å². The van der Waals surface area contributed by atoms with Crippen LogP contribution in [0.4, 0.5) is 0 Å². The third-order valence-corrected chi connectivity index (χ3v) is 9.05. The summed E-state index contributed by atoms with van der Waals surface area (Å²) in [6, 6.07) is 5.88. The number of rotatable bonds is 8. The summed E-state index contributed by atoms with van der Waals surface area (Å²) >= 11 is 0. The number of nitrogens with two attached hydrogens (primary N) is 1. The first-order valence-electron chi connectivity index (χ1n) is 5.94. The van der Waals surface area contributed by atoms with E-state index >= 15 is 0 Å². The normalized spacial score (nSPS) is 12.0. The standard InChI is InChI=1S/C11H27NSi/c1-4-8-13(9-5-2,10-6-3)11-7-12/h4-12H2,1-3H3. The van der Waals surface area contributed by atoms with Gasteiger partial charge in [-0.25, -0.2) is 0 Å². The first-order chi connectivity index (χ1) is 6.24. The van der Waals surface area contributed by atoms with Gasteiger partial charge in [-0.2, -0.15) is 0 Å². The molecule has 0 unspecified atom stereocenters. The van der Waals surface area contributed by atoms with Crippen LogP contribution in [-0.4, -0.2) is 14.6 Å². The summed E-state index contributed by atoms with van der Waals surface area (Å²) in [5.41, 5.74) is 5.74. The van der Waals surface area contributed by atoms with Crippen molar-refractivity contribution < 1.29 is 0 Å². The van der Waals surface area contributed by atoms with Gasteiger partial charge in [0.2, 0.25) is 0 Å². The fourth-order valence-corrected chi connectivity index (χ4v) is 7.94. The second kappa shape index (κ2) is 7.57. The highest BCUT2D eigenvalue weighted by molar-refractivity contribution is 6.79. The van der Waals surface area contributed by atoms with Crippen LogP contribution in [0.5, 0.6) is 0 Å². The molecule has 2 heteroatoms. The minimum atomic E-state index is -0.921. The van der Waals surface area contributed by atoms with Crippen LogP contribution in [-0.2, 0) is 0 Å². The van der Waals surface area contributed by atoms with Crippen molar-refractivity contribution in [1.29, 1.82) is 0 Å². The summed E-state index contributed by atoms with van der Waals surface area (Å²) in [5.74, 6) is 0. The first-order valence-corrected chi connectivity index (χ1v) is 8.77. The van der Waals surface area contributed by atoms with Crippen LogP contribution in [0.3, 0.4) is 0 Å². The maximum absolute atomic E-state index is 5.74. The minimum absolute atomic E-state index is 0.921. The largest absolute Gasteiger partial charge is 0.331 e. The van der Waals surface area contributed by atoms with Crippen molar-refractivity contribution >= 4 is 8.07 Å². The SMILES string of the molecule is CCC[Si](CCC)(CCC)CCN. The number of hydrogen-bond donors (Lipinski definition) is 1. The molecule has 0 aliphatic heterocycles. The van der Waals surface area contributed by atoms with Gasteiger partial charge in [0.1, 0.15) is 0 Å². The van der Waals surface area contributed by atoms with Gasteiger partial charge in [-0.05, 0) is 12.6 Å². The van der Waals surface area contributed by atoms with Gasteiger partial charge in [-0.15, -0.1) is 0 Å². The second-order valence-corrected chi connectivity index (χ2v) is 9.29. The van der Waals surface area contributed by atoms with E-state index < -0.39 is 8.07 Å². The van der Waals surface area contributed by atoms with E-state index in [1.54, 1.807) is 0 Å². The van der Waals surface area contributed by atoms with E-state index in [4.69, 9.17) is 5.73 Å². The van der Waals surface area contributed by atoms with Gasteiger partial charge in [-0.1, -0.05) is 58.2 Å². The molecule has 0 saturated heterocycles. The lowest BCUT2D eigenvalue weighted by Crippen LogP contribution is -2.35. The average Bonchev–Trinajstić information content (AvgIpc) is 2.06. The van der Waals surface area contributed by atoms with Crippen LogP contribution in [0.2, 0.25) is 24.2 Å². The monoisotopic (exact) mass is 201 g/mol. The molecule has 0 atom stereocenters. The predicted molar refractivity (Wildman–Crippen MR) is 64.9 cm³/mol. The summed E-state index contributed by atoms with van der Waals surface area (Å²) in [6.45, 7) is 7.89. The molecule has 0 bridgehead atoms. The van der Waals surface area contributed by atoms with E-state index in [0.717, 1.165) is 6.54 Å². The highest BCUT2D eigenvalue weighted by Gasteiger charge is 2.28. The zero-order valence-electron chi connectivity index (χ0n) is 9.73. The van der Waals surface area contributed by atoms with Crippen molar-refractivity contribution in [2.45, 2.75) is 64.2 Å². The molecule has 0 heterocycles. The van der Waals surface area contributed by atoms with Crippen LogP contribution in [0, 0.1) is 0 Å². The van der Waals surface area contributed by atoms with E-state index in [9.17, 15) is 0 Å². The molecule has 1 nitrogen and oxygen atoms in total. The molecular formula is C11H27NSi. The lowest BCUT2D eigenvalue weighted by Gasteiger charge is -2.30. The van der Waals surface area contributed by atoms with Gasteiger partial charge >= 0.3 is 0 Å². The van der Waals surface area contributed by atoms with Crippen molar-refractivity contribution in [3.05, 3.63) is 0 Å². The van der Waals surface area contributed by atoms with Crippen molar-refractivity contribution in [3.8, 4) is 0 Å². The molecule has 0 aliphatic carbocycles. The molecule has 13 heavy (non-hydrogen) atoms. The number of hydrogen-bond acceptors (Lipinski definition) is 1. The van der Waals surface area contributed by atoms with E-state index in [2.05, 4.69) is 20.8 Å². The molecule has 0 spiro atoms. The molecule has 0 aliphatic rings. The molecule has 0 rings (SSSR count). The predicted octanol–water partition coefficient (Wildman–Crippen LogP) is 3.62. The molecule has 0 radical (unpaired) electrons. The van der Waals surface area contributed by atoms with Gasteiger partial charge in [0.25, 0.3) is 0 Å². The van der Waals surface area contributed by atoms with Crippen LogP contribution < -0.4 is 5.73 Å². The summed E-state index contributed by atoms with van der Waals surface area (Å²) in [6.07, 6.45) is 4.10. The molecule has 0 amide bonds. The van der Waals surface area contributed by atoms with Crippen molar-refractivity contribution in [2.24, 2.45) is 5.73 Å². The Balaban J connectivity index is 4.19. The van der Waals surface area contributed by atoms with Crippen LogP contribution in [0.15, 0.2) is 0 Å². The third kappa shape index (κ3) is 4.82. The first kappa shape index (κ1) is 13.2. The minimum Gasteiger partial charge on any atom is -0.331 e. The van der Waals surface area contributed by atoms with Crippen molar-refractivity contribution in [3.63, 3.8) is 0 Å². The molecular weight excluding hydrogens is 174 g/mol. The molecule has 0 fully saturated rings. The highest BCUT2D eigenvalue weighted by Crippen LogP contribution is 2.29. The Kier molecular flexibility index (Phi) is 7.67. The zero-order chi connectivity index (χ0) is 10.2. The molecule has 0 aromatic carbocycles. The van der Waals surface area contributed by atoms with E-state index in [1.807, 2.05) is 0 Å². The highest BCUT2D eigenvalue weighted by atomic mass is 28.3. The topological polar surface area (TPSA) is 26.0 Å². The Morgan fingerprint density at radius 2 is 1.15 bits per heavy atom. The van der Waals surface area contributed by atoms with Crippen LogP contribution in [0.1, 0.15) is 40.0 Å². The second-order valence-electron chi connectivity index (χ2n) is 4.29. The Hall–Kier alpha value is 0.177. The van der Waals surface area contributed by atoms with Crippen molar-refractivity contribution in [1.82, 2.24) is 0 Å². The summed E-state index contributed by atoms with van der Waals surface area (Å²) in [5, 5.41) is 0. The Morgan fingerprint density at radius 3 is 1.38 bits per heavy atom. The van der Waals surface area contributed by atoms with Crippen LogP contribution >= 0.6 is 0 Å². The van der Waals surface area contributed by atoms with E-state index in [1.165, 1.54) is 43.4 Å². The van der Waals surface area contributed by atoms with Gasteiger partial charge in [0.15, 0.2) is 0 Å². The zero-order valence-corrected chi connectivity index (χ0v) is 10.7. The maximum Gasteiger partial charge on any atom is 0.0547 e. The van der Waals surface area contributed by atoms with Crippen molar-refractivity contribution in [2.75, 3.05) is 6.54 Å². The molecule has 0 aromatic rings. The van der Waals surface area contributed by atoms with Crippen LogP contribution in [0.25, 0.3) is 0 Å². The van der Waals surface area contributed by atoms with E-state index in [-0.39, 0.29) is 0 Å². The molecule has 0 saturated carbocycles. The molecule has 0 aromatic heterocycles. The Labute approximate surface area is 85.1 Å². The maximum atomic E-state index is 5.74. The Morgan fingerprint density at radius 1 is 0.769 bits per heavy atom. The smallest absolute Gasteiger partial charge is 0.0547 e. The fourth-order valence-electron chi connectivity index (χ4n) is 2.65. The average molecular weight is 201 g/mol. The molecule has 2 N–H and O–H groups in total. The van der Waals surface area contributed by atoms with Gasteiger partial charge in [-0.3, -0.25) is 0 Å². The Bertz CT molecular complexity index is 85.1. The van der Waals surface area contributed by atoms with Gasteiger partial charge < -0.3 is 5.73 Å². The van der Waals surface area contributed by atoms with Gasteiger partial charge in [0.05, 0.1) is 8.07 Å². The summed E-state index contributed by atoms with van der Waals surface area (Å²) < 4.78 is 0. The lowest BCUT2D eigenvalue weighted by molar-refractivity contribution is 0.892.